The molecule has 3 aromatic rings. The van der Waals surface area contributed by atoms with Crippen molar-refractivity contribution < 1.29 is 23.3 Å². The number of benzene rings is 1. The van der Waals surface area contributed by atoms with E-state index in [0.29, 0.717) is 16.9 Å². The molecule has 0 spiro atoms. The van der Waals surface area contributed by atoms with Crippen molar-refractivity contribution in [2.45, 2.75) is 13.8 Å². The van der Waals surface area contributed by atoms with Crippen LogP contribution < -0.4 is 10.2 Å². The predicted molar refractivity (Wildman–Crippen MR) is 116 cm³/mol. The van der Waals surface area contributed by atoms with Gasteiger partial charge in [-0.05, 0) is 45.2 Å². The fourth-order valence-electron chi connectivity index (χ4n) is 4.19. The van der Waals surface area contributed by atoms with E-state index in [2.05, 4.69) is 27.3 Å². The molecule has 1 aliphatic carbocycles. The van der Waals surface area contributed by atoms with Gasteiger partial charge in [-0.1, -0.05) is 5.16 Å². The van der Waals surface area contributed by atoms with Crippen molar-refractivity contribution in [3.05, 3.63) is 63.9 Å². The van der Waals surface area contributed by atoms with Gasteiger partial charge in [0.1, 0.15) is 5.56 Å². The molecule has 0 radical (unpaired) electrons. The molecule has 1 fully saturated rings. The fraction of sp³-hybridized carbons (Fsp3) is 0.304. The largest absolute Gasteiger partial charge is 0.446 e. The van der Waals surface area contributed by atoms with Crippen LogP contribution in [-0.2, 0) is 0 Å². The highest BCUT2D eigenvalue weighted by Gasteiger charge is 2.41. The number of aromatic nitrogens is 1. The summed E-state index contributed by atoms with van der Waals surface area (Å²) in [4.78, 5) is 43.1. The number of carbonyl (C=O) groups excluding carboxylic acids is 3. The van der Waals surface area contributed by atoms with Gasteiger partial charge in [-0.2, -0.15) is 0 Å². The average molecular weight is 434 g/mol. The fourth-order valence-corrected chi connectivity index (χ4v) is 4.19. The van der Waals surface area contributed by atoms with E-state index in [4.69, 9.17) is 8.94 Å². The Hall–Kier alpha value is -3.72. The van der Waals surface area contributed by atoms with Gasteiger partial charge in [0.25, 0.3) is 5.91 Å². The molecule has 0 atom stereocenters. The number of nitrogens with zero attached hydrogens (tertiary/aromatic N) is 3. The highest BCUT2D eigenvalue weighted by atomic mass is 16.5. The van der Waals surface area contributed by atoms with Crippen LogP contribution >= 0.6 is 0 Å². The van der Waals surface area contributed by atoms with Crippen LogP contribution in [0.3, 0.4) is 0 Å². The van der Waals surface area contributed by atoms with Gasteiger partial charge in [-0.15, -0.1) is 0 Å². The summed E-state index contributed by atoms with van der Waals surface area (Å²) in [6, 6.07) is 7.57. The van der Waals surface area contributed by atoms with Crippen molar-refractivity contribution in [2.75, 3.05) is 43.4 Å². The first kappa shape index (κ1) is 20.2. The Morgan fingerprint density at radius 2 is 1.62 bits per heavy atom. The summed E-state index contributed by atoms with van der Waals surface area (Å²) in [5.41, 5.74) is 2.42. The third-order valence-corrected chi connectivity index (χ3v) is 6.08. The molecule has 1 N–H and O–H groups in total. The standard InChI is InChI=1S/C23H22N4O5/c1-12-16-18(28)22-17(13(2)25-32-22)19(29)21(16)31-20(12)23(30)24-14-4-6-15(7-5-14)27-10-8-26(3)9-11-27/h4-7H,8-11H2,1-3H3,(H,24,30). The molecule has 1 aromatic carbocycles. The highest BCUT2D eigenvalue weighted by Crippen LogP contribution is 2.34. The number of amides is 1. The van der Waals surface area contributed by atoms with Gasteiger partial charge in [0.05, 0.1) is 11.3 Å². The van der Waals surface area contributed by atoms with Gasteiger partial charge in [0.15, 0.2) is 11.5 Å². The second-order valence-electron chi connectivity index (χ2n) is 8.18. The van der Waals surface area contributed by atoms with E-state index < -0.39 is 17.5 Å². The molecule has 0 bridgehead atoms. The molecule has 9 heteroatoms. The number of fused-ring (bicyclic) bond motifs is 2. The molecule has 9 nitrogen and oxygen atoms in total. The Balaban J connectivity index is 1.37. The molecular formula is C23H22N4O5. The number of piperazine rings is 1. The summed E-state index contributed by atoms with van der Waals surface area (Å²) >= 11 is 0. The van der Waals surface area contributed by atoms with Gasteiger partial charge in [-0.25, -0.2) is 0 Å². The van der Waals surface area contributed by atoms with Crippen LogP contribution in [0.1, 0.15) is 54.0 Å². The van der Waals surface area contributed by atoms with Gasteiger partial charge >= 0.3 is 0 Å². The second-order valence-corrected chi connectivity index (χ2v) is 8.18. The minimum Gasteiger partial charge on any atom is -0.446 e. The average Bonchev–Trinajstić information content (AvgIpc) is 3.34. The Morgan fingerprint density at radius 1 is 0.969 bits per heavy atom. The number of rotatable bonds is 3. The number of furan rings is 1. The van der Waals surface area contributed by atoms with Crippen LogP contribution in [0.4, 0.5) is 11.4 Å². The van der Waals surface area contributed by atoms with Gasteiger partial charge in [0.2, 0.25) is 17.3 Å². The number of anilines is 2. The van der Waals surface area contributed by atoms with Crippen molar-refractivity contribution in [3.63, 3.8) is 0 Å². The first-order valence-corrected chi connectivity index (χ1v) is 10.4. The smallest absolute Gasteiger partial charge is 0.291 e. The lowest BCUT2D eigenvalue weighted by Crippen LogP contribution is -2.44. The lowest BCUT2D eigenvalue weighted by molar-refractivity contribution is 0.0932. The Labute approximate surface area is 183 Å². The van der Waals surface area contributed by atoms with Gasteiger partial charge in [-0.3, -0.25) is 14.4 Å². The van der Waals surface area contributed by atoms with E-state index in [1.807, 2.05) is 24.3 Å². The number of carbonyl (C=O) groups is 3. The lowest BCUT2D eigenvalue weighted by atomic mass is 9.90. The number of hydrogen-bond donors (Lipinski definition) is 1. The van der Waals surface area contributed by atoms with Crippen LogP contribution in [0, 0.1) is 13.8 Å². The minimum atomic E-state index is -0.531. The zero-order chi connectivity index (χ0) is 22.6. The summed E-state index contributed by atoms with van der Waals surface area (Å²) in [5.74, 6) is -1.89. The summed E-state index contributed by atoms with van der Waals surface area (Å²) in [6.07, 6.45) is 0. The molecule has 1 saturated heterocycles. The third-order valence-electron chi connectivity index (χ3n) is 6.08. The maximum atomic E-state index is 12.9. The van der Waals surface area contributed by atoms with Crippen LogP contribution in [0.15, 0.2) is 33.2 Å². The number of aryl methyl sites for hydroxylation is 1. The number of likely N-dealkylation sites (N-methyl/N-ethyl adjacent to an activating group) is 1. The molecule has 164 valence electrons. The maximum absolute atomic E-state index is 12.9. The second kappa shape index (κ2) is 7.45. The zero-order valence-corrected chi connectivity index (χ0v) is 18.0. The molecule has 32 heavy (non-hydrogen) atoms. The summed E-state index contributed by atoms with van der Waals surface area (Å²) in [5, 5.41) is 6.49. The Kier molecular flexibility index (Phi) is 4.70. The first-order valence-electron chi connectivity index (χ1n) is 10.4. The van der Waals surface area contributed by atoms with Crippen molar-refractivity contribution in [3.8, 4) is 0 Å². The van der Waals surface area contributed by atoms with Crippen molar-refractivity contribution in [2.24, 2.45) is 0 Å². The normalized spacial score (nSPS) is 16.2. The molecular weight excluding hydrogens is 412 g/mol. The minimum absolute atomic E-state index is 0.0502. The predicted octanol–water partition coefficient (Wildman–Crippen LogP) is 2.66. The van der Waals surface area contributed by atoms with E-state index in [1.165, 1.54) is 0 Å². The number of hydrogen-bond acceptors (Lipinski definition) is 8. The molecule has 0 unspecified atom stereocenters. The molecule has 3 heterocycles. The van der Waals surface area contributed by atoms with E-state index in [0.717, 1.165) is 31.9 Å². The lowest BCUT2D eigenvalue weighted by Gasteiger charge is -2.34. The monoisotopic (exact) mass is 434 g/mol. The summed E-state index contributed by atoms with van der Waals surface area (Å²) in [7, 11) is 2.11. The molecule has 2 aliphatic rings. The molecule has 2 aromatic heterocycles. The Morgan fingerprint density at radius 3 is 2.31 bits per heavy atom. The zero-order valence-electron chi connectivity index (χ0n) is 18.0. The number of nitrogens with one attached hydrogen (secondary N) is 1. The van der Waals surface area contributed by atoms with Gasteiger partial charge < -0.3 is 24.1 Å². The van der Waals surface area contributed by atoms with Crippen LogP contribution in [0.25, 0.3) is 0 Å². The van der Waals surface area contributed by atoms with E-state index in [-0.39, 0.29) is 28.4 Å². The molecule has 5 rings (SSSR count). The molecule has 0 saturated carbocycles. The van der Waals surface area contributed by atoms with Crippen LogP contribution in [-0.4, -0.2) is 60.8 Å². The van der Waals surface area contributed by atoms with Crippen molar-refractivity contribution in [1.82, 2.24) is 10.1 Å². The van der Waals surface area contributed by atoms with Crippen LogP contribution in [0.2, 0.25) is 0 Å². The third kappa shape index (κ3) is 3.13. The maximum Gasteiger partial charge on any atom is 0.291 e. The van der Waals surface area contributed by atoms with Gasteiger partial charge in [0, 0.05) is 43.1 Å². The van der Waals surface area contributed by atoms with E-state index in [9.17, 15) is 14.4 Å². The summed E-state index contributed by atoms with van der Waals surface area (Å²) in [6.45, 7) is 7.07. The van der Waals surface area contributed by atoms with E-state index >= 15 is 0 Å². The first-order chi connectivity index (χ1) is 15.3. The van der Waals surface area contributed by atoms with Crippen molar-refractivity contribution >= 4 is 28.8 Å². The van der Waals surface area contributed by atoms with E-state index in [1.54, 1.807) is 13.8 Å². The quantitative estimate of drug-likeness (QED) is 0.524. The SMILES string of the molecule is Cc1noc2c1C(=O)c1oc(C(=O)Nc3ccc(N4CCN(C)CC4)cc3)c(C)c1C2=O. The molecule has 1 aliphatic heterocycles. The topological polar surface area (TPSA) is 109 Å². The van der Waals surface area contributed by atoms with Crippen LogP contribution in [0.5, 0.6) is 0 Å². The number of ketones is 2. The van der Waals surface area contributed by atoms with Crippen molar-refractivity contribution in [1.29, 1.82) is 0 Å². The summed E-state index contributed by atoms with van der Waals surface area (Å²) < 4.78 is 10.6. The highest BCUT2D eigenvalue weighted by molar-refractivity contribution is 6.28. The Bertz CT molecular complexity index is 1240. The molecule has 1 amide bonds.